The summed E-state index contributed by atoms with van der Waals surface area (Å²) >= 11 is 0. The van der Waals surface area contributed by atoms with E-state index in [4.69, 9.17) is 4.42 Å². The molecule has 1 aliphatic rings. The van der Waals surface area contributed by atoms with Crippen molar-refractivity contribution in [1.29, 1.82) is 0 Å². The number of nitrogens with zero attached hydrogens (tertiary/aromatic N) is 2. The number of hydrogen-bond donors (Lipinski definition) is 0. The highest BCUT2D eigenvalue weighted by molar-refractivity contribution is 6.01. The Labute approximate surface area is 136 Å². The number of carbonyl (C=O) groups is 1. The minimum Gasteiger partial charge on any atom is -0.463 e. The molecule has 23 heavy (non-hydrogen) atoms. The average Bonchev–Trinajstić information content (AvgIpc) is 3.23. The van der Waals surface area contributed by atoms with Gasteiger partial charge in [0.2, 0.25) is 5.91 Å². The Hall–Kier alpha value is -2.36. The summed E-state index contributed by atoms with van der Waals surface area (Å²) in [5, 5.41) is 6.19. The fourth-order valence-electron chi connectivity index (χ4n) is 2.80. The minimum absolute atomic E-state index is 0.0381. The second-order valence-corrected chi connectivity index (χ2v) is 6.18. The van der Waals surface area contributed by atoms with Crippen LogP contribution in [0.1, 0.15) is 50.1 Å². The van der Waals surface area contributed by atoms with E-state index in [2.05, 4.69) is 36.3 Å². The smallest absolute Gasteiger partial charge is 0.245 e. The molecular formula is C19H22N2O2. The molecule has 0 saturated heterocycles. The van der Waals surface area contributed by atoms with Crippen LogP contribution in [0.2, 0.25) is 0 Å². The van der Waals surface area contributed by atoms with Gasteiger partial charge in [-0.15, -0.1) is 0 Å². The highest BCUT2D eigenvalue weighted by Crippen LogP contribution is 2.34. The minimum atomic E-state index is -0.0906. The lowest BCUT2D eigenvalue weighted by molar-refractivity contribution is -0.136. The molecule has 4 nitrogen and oxygen atoms in total. The predicted octanol–water partition coefficient (Wildman–Crippen LogP) is 4.18. The fraction of sp³-hybridized carbons (Fsp3) is 0.368. The Balaban J connectivity index is 1.93. The monoisotopic (exact) mass is 310 g/mol. The van der Waals surface area contributed by atoms with Crippen LogP contribution in [0.15, 0.2) is 52.2 Å². The van der Waals surface area contributed by atoms with Crippen molar-refractivity contribution in [2.75, 3.05) is 0 Å². The summed E-state index contributed by atoms with van der Waals surface area (Å²) in [5.41, 5.74) is 3.23. The quantitative estimate of drug-likeness (QED) is 0.850. The third-order valence-electron chi connectivity index (χ3n) is 4.21. The van der Waals surface area contributed by atoms with Crippen LogP contribution in [0.3, 0.4) is 0 Å². The van der Waals surface area contributed by atoms with E-state index in [9.17, 15) is 4.79 Å². The molecule has 0 spiro atoms. The molecule has 0 N–H and O–H groups in total. The van der Waals surface area contributed by atoms with Gasteiger partial charge >= 0.3 is 0 Å². The number of aryl methyl sites for hydroxylation is 1. The maximum atomic E-state index is 12.6. The van der Waals surface area contributed by atoms with Crippen LogP contribution in [0.25, 0.3) is 0 Å². The zero-order chi connectivity index (χ0) is 16.4. The third kappa shape index (κ3) is 3.07. The van der Waals surface area contributed by atoms with Crippen LogP contribution in [0.4, 0.5) is 0 Å². The van der Waals surface area contributed by atoms with Gasteiger partial charge in [0, 0.05) is 12.3 Å². The lowest BCUT2D eigenvalue weighted by atomic mass is 9.98. The first-order valence-electron chi connectivity index (χ1n) is 8.13. The summed E-state index contributed by atoms with van der Waals surface area (Å²) in [7, 11) is 0. The molecule has 1 aliphatic heterocycles. The topological polar surface area (TPSA) is 45.8 Å². The first kappa shape index (κ1) is 15.5. The van der Waals surface area contributed by atoms with Gasteiger partial charge in [0.25, 0.3) is 0 Å². The predicted molar refractivity (Wildman–Crippen MR) is 90.1 cm³/mol. The van der Waals surface area contributed by atoms with Gasteiger partial charge < -0.3 is 4.42 Å². The van der Waals surface area contributed by atoms with Gasteiger partial charge in [-0.05, 0) is 29.7 Å². The number of furan rings is 1. The van der Waals surface area contributed by atoms with Gasteiger partial charge in [0.1, 0.15) is 11.5 Å². The lowest BCUT2D eigenvalue weighted by Gasteiger charge is -2.23. The van der Waals surface area contributed by atoms with Crippen molar-refractivity contribution in [2.45, 2.75) is 39.7 Å². The molecule has 1 aromatic carbocycles. The molecule has 1 aromatic heterocycles. The van der Waals surface area contributed by atoms with Gasteiger partial charge in [-0.1, -0.05) is 45.0 Å². The number of rotatable bonds is 4. The third-order valence-corrected chi connectivity index (χ3v) is 4.21. The highest BCUT2D eigenvalue weighted by atomic mass is 16.3. The summed E-state index contributed by atoms with van der Waals surface area (Å²) < 4.78 is 5.46. The second kappa shape index (κ2) is 6.41. The Kier molecular flexibility index (Phi) is 4.33. The van der Waals surface area contributed by atoms with Crippen LogP contribution in [-0.4, -0.2) is 16.6 Å². The van der Waals surface area contributed by atoms with Gasteiger partial charge in [-0.3, -0.25) is 4.79 Å². The molecule has 120 valence electrons. The van der Waals surface area contributed by atoms with Crippen LogP contribution >= 0.6 is 0 Å². The van der Waals surface area contributed by atoms with E-state index in [0.29, 0.717) is 6.42 Å². The molecule has 0 radical (unpaired) electrons. The van der Waals surface area contributed by atoms with E-state index >= 15 is 0 Å². The van der Waals surface area contributed by atoms with Crippen molar-refractivity contribution in [3.63, 3.8) is 0 Å². The molecule has 3 rings (SSSR count). The van der Waals surface area contributed by atoms with Crippen LogP contribution in [0, 0.1) is 5.92 Å². The number of amides is 1. The number of benzene rings is 1. The summed E-state index contributed by atoms with van der Waals surface area (Å²) in [4.78, 5) is 12.6. The first-order chi connectivity index (χ1) is 11.1. The molecule has 1 atom stereocenters. The van der Waals surface area contributed by atoms with Gasteiger partial charge in [-0.2, -0.15) is 5.10 Å². The standard InChI is InChI=1S/C19H22N2O2/c1-4-14-7-9-15(10-8-14)17-12-16(18-6-5-11-23-18)20-21(17)19(22)13(2)3/h5-11,13,17H,4,12H2,1-3H3/t17-/m1/s1. The van der Waals surface area contributed by atoms with Crippen molar-refractivity contribution < 1.29 is 9.21 Å². The molecule has 0 bridgehead atoms. The Morgan fingerprint density at radius 2 is 2.04 bits per heavy atom. The summed E-state index contributed by atoms with van der Waals surface area (Å²) in [6, 6.07) is 12.1. The molecule has 0 unspecified atom stereocenters. The van der Waals surface area contributed by atoms with E-state index in [0.717, 1.165) is 23.5 Å². The summed E-state index contributed by atoms with van der Waals surface area (Å²) in [5.74, 6) is 0.683. The van der Waals surface area contributed by atoms with Crippen molar-refractivity contribution in [3.8, 4) is 0 Å². The first-order valence-corrected chi connectivity index (χ1v) is 8.13. The van der Waals surface area contributed by atoms with Crippen LogP contribution in [-0.2, 0) is 11.2 Å². The van der Waals surface area contributed by atoms with E-state index in [1.54, 1.807) is 11.3 Å². The van der Waals surface area contributed by atoms with E-state index < -0.39 is 0 Å². The number of hydrogen-bond acceptors (Lipinski definition) is 3. The Bertz CT molecular complexity index is 699. The highest BCUT2D eigenvalue weighted by Gasteiger charge is 2.34. The molecule has 0 aliphatic carbocycles. The number of carbonyl (C=O) groups excluding carboxylic acids is 1. The van der Waals surface area contributed by atoms with Crippen LogP contribution < -0.4 is 0 Å². The molecule has 2 heterocycles. The molecule has 0 fully saturated rings. The number of hydrazone groups is 1. The zero-order valence-electron chi connectivity index (χ0n) is 13.8. The van der Waals surface area contributed by atoms with Crippen LogP contribution in [0.5, 0.6) is 0 Å². The zero-order valence-corrected chi connectivity index (χ0v) is 13.8. The van der Waals surface area contributed by atoms with E-state index in [1.807, 2.05) is 26.0 Å². The van der Waals surface area contributed by atoms with E-state index in [-0.39, 0.29) is 17.9 Å². The molecule has 2 aromatic rings. The fourth-order valence-corrected chi connectivity index (χ4v) is 2.80. The molecule has 1 amide bonds. The Morgan fingerprint density at radius 1 is 1.30 bits per heavy atom. The van der Waals surface area contributed by atoms with Crippen molar-refractivity contribution >= 4 is 11.6 Å². The molecule has 0 saturated carbocycles. The van der Waals surface area contributed by atoms with E-state index in [1.165, 1.54) is 5.56 Å². The second-order valence-electron chi connectivity index (χ2n) is 6.18. The maximum Gasteiger partial charge on any atom is 0.245 e. The average molecular weight is 310 g/mol. The largest absolute Gasteiger partial charge is 0.463 e. The van der Waals surface area contributed by atoms with Crippen molar-refractivity contribution in [3.05, 3.63) is 59.5 Å². The summed E-state index contributed by atoms with van der Waals surface area (Å²) in [6.45, 7) is 5.94. The van der Waals surface area contributed by atoms with Crippen molar-refractivity contribution in [1.82, 2.24) is 5.01 Å². The lowest BCUT2D eigenvalue weighted by Crippen LogP contribution is -2.30. The van der Waals surface area contributed by atoms with Gasteiger partial charge in [0.05, 0.1) is 12.3 Å². The normalized spacial score (nSPS) is 17.7. The summed E-state index contributed by atoms with van der Waals surface area (Å²) in [6.07, 6.45) is 3.32. The maximum absolute atomic E-state index is 12.6. The van der Waals surface area contributed by atoms with Crippen molar-refractivity contribution in [2.24, 2.45) is 11.0 Å². The van der Waals surface area contributed by atoms with Gasteiger partial charge in [0.15, 0.2) is 0 Å². The Morgan fingerprint density at radius 3 is 2.61 bits per heavy atom. The SMILES string of the molecule is CCc1ccc([C@H]2CC(c3ccco3)=NN2C(=O)C(C)C)cc1. The molecule has 4 heteroatoms. The molecular weight excluding hydrogens is 288 g/mol. The van der Waals surface area contributed by atoms with Gasteiger partial charge in [-0.25, -0.2) is 5.01 Å².